The monoisotopic (exact) mass is 312 g/mol. The standard InChI is InChI=1S/C18H16O5/c1-20-8-11-2-4-13-16(6-11)21-9-14(18(13)19)12-3-5-15-17(7-12)23-10-22-15/h2-7,14H,8-10H2,1H3. The minimum Gasteiger partial charge on any atom is -0.492 e. The van der Waals surface area contributed by atoms with Gasteiger partial charge in [0.05, 0.1) is 18.1 Å². The Morgan fingerprint density at radius 3 is 2.78 bits per heavy atom. The van der Waals surface area contributed by atoms with Crippen molar-refractivity contribution in [1.82, 2.24) is 0 Å². The summed E-state index contributed by atoms with van der Waals surface area (Å²) in [4.78, 5) is 12.8. The number of hydrogen-bond donors (Lipinski definition) is 0. The second kappa shape index (κ2) is 5.59. The van der Waals surface area contributed by atoms with E-state index in [0.29, 0.717) is 36.0 Å². The Morgan fingerprint density at radius 2 is 1.91 bits per heavy atom. The Bertz CT molecular complexity index is 768. The van der Waals surface area contributed by atoms with Crippen molar-refractivity contribution in [3.8, 4) is 17.2 Å². The quantitative estimate of drug-likeness (QED) is 0.872. The van der Waals surface area contributed by atoms with E-state index < -0.39 is 0 Å². The van der Waals surface area contributed by atoms with Crippen LogP contribution in [0.25, 0.3) is 0 Å². The smallest absolute Gasteiger partial charge is 0.231 e. The van der Waals surface area contributed by atoms with Gasteiger partial charge in [-0.1, -0.05) is 12.1 Å². The molecule has 0 saturated carbocycles. The average molecular weight is 312 g/mol. The molecule has 2 aliphatic heterocycles. The molecule has 0 fully saturated rings. The number of Topliss-reactive ketones (excluding diaryl/α,β-unsaturated/α-hetero) is 1. The molecule has 0 amide bonds. The van der Waals surface area contributed by atoms with Gasteiger partial charge < -0.3 is 18.9 Å². The number of carbonyl (C=O) groups excluding carboxylic acids is 1. The van der Waals surface area contributed by atoms with Crippen molar-refractivity contribution >= 4 is 5.78 Å². The third-order valence-electron chi connectivity index (χ3n) is 4.14. The van der Waals surface area contributed by atoms with Crippen molar-refractivity contribution in [1.29, 1.82) is 0 Å². The zero-order valence-electron chi connectivity index (χ0n) is 12.7. The Kier molecular flexibility index (Phi) is 3.42. The zero-order valence-corrected chi connectivity index (χ0v) is 12.7. The number of ketones is 1. The van der Waals surface area contributed by atoms with E-state index in [-0.39, 0.29) is 18.5 Å². The summed E-state index contributed by atoms with van der Waals surface area (Å²) in [6.07, 6.45) is 0. The van der Waals surface area contributed by atoms with Gasteiger partial charge in [0.15, 0.2) is 17.3 Å². The molecule has 5 heteroatoms. The Labute approximate surface area is 133 Å². The molecule has 23 heavy (non-hydrogen) atoms. The molecule has 4 rings (SSSR count). The highest BCUT2D eigenvalue weighted by Gasteiger charge is 2.31. The lowest BCUT2D eigenvalue weighted by atomic mass is 9.88. The summed E-state index contributed by atoms with van der Waals surface area (Å²) in [5, 5.41) is 0. The molecule has 118 valence electrons. The first-order chi connectivity index (χ1) is 11.3. The zero-order chi connectivity index (χ0) is 15.8. The van der Waals surface area contributed by atoms with Gasteiger partial charge in [0.1, 0.15) is 12.4 Å². The molecule has 5 nitrogen and oxygen atoms in total. The molecule has 1 atom stereocenters. The minimum atomic E-state index is -0.328. The van der Waals surface area contributed by atoms with Crippen LogP contribution in [0.3, 0.4) is 0 Å². The molecular weight excluding hydrogens is 296 g/mol. The summed E-state index contributed by atoms with van der Waals surface area (Å²) in [6.45, 7) is 1.04. The first-order valence-electron chi connectivity index (χ1n) is 7.44. The van der Waals surface area contributed by atoms with Crippen molar-refractivity contribution in [2.45, 2.75) is 12.5 Å². The van der Waals surface area contributed by atoms with Crippen molar-refractivity contribution in [2.24, 2.45) is 0 Å². The average Bonchev–Trinajstić information content (AvgIpc) is 3.03. The number of benzene rings is 2. The van der Waals surface area contributed by atoms with Gasteiger partial charge in [-0.05, 0) is 35.4 Å². The van der Waals surface area contributed by atoms with Crippen LogP contribution in [0.1, 0.15) is 27.4 Å². The van der Waals surface area contributed by atoms with Crippen molar-refractivity contribution in [3.63, 3.8) is 0 Å². The topological polar surface area (TPSA) is 54.0 Å². The lowest BCUT2D eigenvalue weighted by Crippen LogP contribution is -2.26. The second-order valence-electron chi connectivity index (χ2n) is 5.60. The van der Waals surface area contributed by atoms with E-state index in [1.807, 2.05) is 36.4 Å². The predicted molar refractivity (Wildman–Crippen MR) is 82.3 cm³/mol. The minimum absolute atomic E-state index is 0.0640. The number of fused-ring (bicyclic) bond motifs is 2. The number of methoxy groups -OCH3 is 1. The van der Waals surface area contributed by atoms with Crippen LogP contribution < -0.4 is 14.2 Å². The maximum atomic E-state index is 12.8. The number of carbonyl (C=O) groups is 1. The highest BCUT2D eigenvalue weighted by molar-refractivity contribution is 6.04. The molecule has 2 aromatic carbocycles. The van der Waals surface area contributed by atoms with Crippen LogP contribution in [0.5, 0.6) is 17.2 Å². The summed E-state index contributed by atoms with van der Waals surface area (Å²) in [6, 6.07) is 11.2. The fraction of sp³-hybridized carbons (Fsp3) is 0.278. The molecule has 0 aliphatic carbocycles. The first-order valence-corrected chi connectivity index (χ1v) is 7.44. The summed E-state index contributed by atoms with van der Waals surface area (Å²) < 4.78 is 21.6. The van der Waals surface area contributed by atoms with E-state index in [9.17, 15) is 4.79 Å². The molecule has 0 spiro atoms. The van der Waals surface area contributed by atoms with Crippen LogP contribution in [0.2, 0.25) is 0 Å². The molecule has 0 bridgehead atoms. The molecule has 2 aliphatic rings. The van der Waals surface area contributed by atoms with Crippen LogP contribution in [-0.2, 0) is 11.3 Å². The van der Waals surface area contributed by atoms with Gasteiger partial charge >= 0.3 is 0 Å². The predicted octanol–water partition coefficient (Wildman–Crippen LogP) is 2.92. The fourth-order valence-electron chi connectivity index (χ4n) is 2.96. The van der Waals surface area contributed by atoms with Crippen LogP contribution in [0.4, 0.5) is 0 Å². The molecular formula is C18H16O5. The number of ether oxygens (including phenoxy) is 4. The van der Waals surface area contributed by atoms with Crippen LogP contribution in [-0.4, -0.2) is 26.3 Å². The van der Waals surface area contributed by atoms with Crippen LogP contribution >= 0.6 is 0 Å². The lowest BCUT2D eigenvalue weighted by Gasteiger charge is -2.25. The van der Waals surface area contributed by atoms with Gasteiger partial charge in [-0.3, -0.25) is 4.79 Å². The van der Waals surface area contributed by atoms with E-state index in [1.54, 1.807) is 7.11 Å². The van der Waals surface area contributed by atoms with Gasteiger partial charge in [0.2, 0.25) is 6.79 Å². The van der Waals surface area contributed by atoms with Crippen molar-refractivity contribution < 1.29 is 23.7 Å². The van der Waals surface area contributed by atoms with E-state index in [0.717, 1.165) is 11.1 Å². The highest BCUT2D eigenvalue weighted by Crippen LogP contribution is 2.38. The van der Waals surface area contributed by atoms with Gasteiger partial charge in [-0.2, -0.15) is 0 Å². The van der Waals surface area contributed by atoms with Gasteiger partial charge in [-0.25, -0.2) is 0 Å². The van der Waals surface area contributed by atoms with Crippen molar-refractivity contribution in [3.05, 3.63) is 53.1 Å². The molecule has 1 unspecified atom stereocenters. The normalized spacial score (nSPS) is 18.5. The molecule has 0 N–H and O–H groups in total. The molecule has 2 heterocycles. The SMILES string of the molecule is COCc1ccc2c(c1)OCC(c1ccc3c(c1)OCO3)C2=O. The molecule has 0 radical (unpaired) electrons. The summed E-state index contributed by atoms with van der Waals surface area (Å²) in [7, 11) is 1.64. The molecule has 0 saturated heterocycles. The number of hydrogen-bond acceptors (Lipinski definition) is 5. The Morgan fingerprint density at radius 1 is 1.04 bits per heavy atom. The second-order valence-corrected chi connectivity index (χ2v) is 5.60. The van der Waals surface area contributed by atoms with Crippen LogP contribution in [0, 0.1) is 0 Å². The van der Waals surface area contributed by atoms with Gasteiger partial charge in [-0.15, -0.1) is 0 Å². The maximum absolute atomic E-state index is 12.8. The largest absolute Gasteiger partial charge is 0.492 e. The van der Waals surface area contributed by atoms with Gasteiger partial charge in [0.25, 0.3) is 0 Å². The Hall–Kier alpha value is -2.53. The highest BCUT2D eigenvalue weighted by atomic mass is 16.7. The molecule has 0 aromatic heterocycles. The van der Waals surface area contributed by atoms with E-state index >= 15 is 0 Å². The molecule has 2 aromatic rings. The maximum Gasteiger partial charge on any atom is 0.231 e. The third kappa shape index (κ3) is 2.43. The van der Waals surface area contributed by atoms with E-state index in [2.05, 4.69) is 0 Å². The van der Waals surface area contributed by atoms with Crippen LogP contribution in [0.15, 0.2) is 36.4 Å². The van der Waals surface area contributed by atoms with Crippen molar-refractivity contribution in [2.75, 3.05) is 20.5 Å². The first kappa shape index (κ1) is 14.1. The summed E-state index contributed by atoms with van der Waals surface area (Å²) in [5.41, 5.74) is 2.48. The summed E-state index contributed by atoms with van der Waals surface area (Å²) in [5.74, 6) is 1.75. The lowest BCUT2D eigenvalue weighted by molar-refractivity contribution is 0.0895. The van der Waals surface area contributed by atoms with E-state index in [4.69, 9.17) is 18.9 Å². The number of rotatable bonds is 3. The van der Waals surface area contributed by atoms with E-state index in [1.165, 1.54) is 0 Å². The Balaban J connectivity index is 1.64. The third-order valence-corrected chi connectivity index (χ3v) is 4.14. The van der Waals surface area contributed by atoms with Gasteiger partial charge in [0, 0.05) is 7.11 Å². The fourth-order valence-corrected chi connectivity index (χ4v) is 2.96. The summed E-state index contributed by atoms with van der Waals surface area (Å²) >= 11 is 0.